The number of thioether (sulfide) groups is 1. The second kappa shape index (κ2) is 8.61. The van der Waals surface area contributed by atoms with Crippen molar-refractivity contribution >= 4 is 90.2 Å². The van der Waals surface area contributed by atoms with Crippen LogP contribution in [0.4, 0.5) is 11.4 Å². The topological polar surface area (TPSA) is 76.6 Å². The molecule has 30 heavy (non-hydrogen) atoms. The summed E-state index contributed by atoms with van der Waals surface area (Å²) in [6.45, 7) is 0. The smallest absolute Gasteiger partial charge is 0.270 e. The van der Waals surface area contributed by atoms with E-state index in [1.807, 2.05) is 24.3 Å². The number of carbonyl (C=O) groups excluding carboxylic acids is 1. The maximum absolute atomic E-state index is 12.9. The van der Waals surface area contributed by atoms with Crippen molar-refractivity contribution in [3.63, 3.8) is 0 Å². The van der Waals surface area contributed by atoms with E-state index in [9.17, 15) is 14.9 Å². The molecule has 2 heterocycles. The third-order valence-electron chi connectivity index (χ3n) is 4.20. The van der Waals surface area contributed by atoms with Crippen LogP contribution in [0.15, 0.2) is 68.4 Å². The predicted octanol–water partition coefficient (Wildman–Crippen LogP) is 6.63. The summed E-state index contributed by atoms with van der Waals surface area (Å²) >= 11 is 12.2. The molecular formula is C20H10BrIN2O4S2. The maximum atomic E-state index is 12.9. The highest BCUT2D eigenvalue weighted by molar-refractivity contribution is 14.1. The fourth-order valence-corrected chi connectivity index (χ4v) is 4.88. The Kier molecular flexibility index (Phi) is 6.09. The molecular weight excluding hydrogens is 603 g/mol. The highest BCUT2D eigenvalue weighted by atomic mass is 127. The first-order chi connectivity index (χ1) is 14.3. The zero-order valence-electron chi connectivity index (χ0n) is 14.9. The van der Waals surface area contributed by atoms with Crippen molar-refractivity contribution in [1.29, 1.82) is 0 Å². The number of hydrogen-bond donors (Lipinski definition) is 0. The Hall–Kier alpha value is -2.02. The second-order valence-corrected chi connectivity index (χ2v) is 9.89. The number of anilines is 1. The highest BCUT2D eigenvalue weighted by Crippen LogP contribution is 2.38. The molecule has 0 saturated carbocycles. The summed E-state index contributed by atoms with van der Waals surface area (Å²) in [4.78, 5) is 25.4. The molecule has 1 saturated heterocycles. The number of furan rings is 1. The van der Waals surface area contributed by atoms with E-state index >= 15 is 0 Å². The number of amides is 1. The fourth-order valence-electron chi connectivity index (χ4n) is 2.80. The van der Waals surface area contributed by atoms with Crippen molar-refractivity contribution in [2.75, 3.05) is 4.90 Å². The number of nitrogens with zero attached hydrogens (tertiary/aromatic N) is 2. The SMILES string of the molecule is O=C1/C(=C/c2ccc(-c3cc([N+](=O)[O-])ccc3Br)o2)SC(=S)N1c1ccc(I)cc1. The number of non-ortho nitro benzene ring substituents is 1. The van der Waals surface area contributed by atoms with Crippen LogP contribution in [0.1, 0.15) is 5.76 Å². The van der Waals surface area contributed by atoms with Gasteiger partial charge in [-0.05, 0) is 65.1 Å². The molecule has 0 bridgehead atoms. The molecule has 10 heteroatoms. The molecule has 6 nitrogen and oxygen atoms in total. The van der Waals surface area contributed by atoms with Crippen LogP contribution in [-0.4, -0.2) is 15.2 Å². The van der Waals surface area contributed by atoms with E-state index in [4.69, 9.17) is 16.6 Å². The molecule has 1 aromatic heterocycles. The van der Waals surface area contributed by atoms with Crippen molar-refractivity contribution in [2.45, 2.75) is 0 Å². The molecule has 0 spiro atoms. The Morgan fingerprint density at radius 3 is 2.60 bits per heavy atom. The van der Waals surface area contributed by atoms with E-state index in [-0.39, 0.29) is 11.6 Å². The molecule has 0 N–H and O–H groups in total. The minimum atomic E-state index is -0.463. The molecule has 0 radical (unpaired) electrons. The van der Waals surface area contributed by atoms with E-state index in [0.717, 1.165) is 3.57 Å². The van der Waals surface area contributed by atoms with Gasteiger partial charge >= 0.3 is 0 Å². The first kappa shape index (κ1) is 21.2. The molecule has 1 amide bonds. The third kappa shape index (κ3) is 4.22. The lowest BCUT2D eigenvalue weighted by molar-refractivity contribution is -0.384. The first-order valence-electron chi connectivity index (χ1n) is 8.41. The van der Waals surface area contributed by atoms with Gasteiger partial charge in [-0.2, -0.15) is 0 Å². The van der Waals surface area contributed by atoms with Crippen LogP contribution in [0, 0.1) is 13.7 Å². The quantitative estimate of drug-likeness (QED) is 0.108. The van der Waals surface area contributed by atoms with Gasteiger partial charge in [0.2, 0.25) is 0 Å². The van der Waals surface area contributed by atoms with Gasteiger partial charge in [0.1, 0.15) is 11.5 Å². The summed E-state index contributed by atoms with van der Waals surface area (Å²) in [5, 5.41) is 11.1. The van der Waals surface area contributed by atoms with E-state index in [2.05, 4.69) is 38.5 Å². The molecule has 4 rings (SSSR count). The average molecular weight is 613 g/mol. The van der Waals surface area contributed by atoms with Crippen molar-refractivity contribution in [2.24, 2.45) is 0 Å². The van der Waals surface area contributed by atoms with Crippen molar-refractivity contribution in [1.82, 2.24) is 0 Å². The molecule has 0 aliphatic carbocycles. The van der Waals surface area contributed by atoms with Gasteiger partial charge < -0.3 is 4.42 Å². The van der Waals surface area contributed by atoms with Gasteiger partial charge in [-0.15, -0.1) is 0 Å². The van der Waals surface area contributed by atoms with E-state index < -0.39 is 4.92 Å². The maximum Gasteiger partial charge on any atom is 0.270 e. The average Bonchev–Trinajstić information content (AvgIpc) is 3.27. The normalized spacial score (nSPS) is 15.3. The number of benzene rings is 2. The van der Waals surface area contributed by atoms with Crippen molar-refractivity contribution < 1.29 is 14.1 Å². The van der Waals surface area contributed by atoms with Crippen LogP contribution >= 0.6 is 62.5 Å². The van der Waals surface area contributed by atoms with E-state index in [1.54, 1.807) is 24.3 Å². The van der Waals surface area contributed by atoms with Crippen LogP contribution in [0.3, 0.4) is 0 Å². The Morgan fingerprint density at radius 2 is 1.90 bits per heavy atom. The van der Waals surface area contributed by atoms with E-state index in [0.29, 0.717) is 36.5 Å². The number of nitro benzene ring substituents is 1. The fraction of sp³-hybridized carbons (Fsp3) is 0. The second-order valence-electron chi connectivity index (χ2n) is 6.12. The van der Waals surface area contributed by atoms with Crippen LogP contribution in [0.25, 0.3) is 17.4 Å². The summed E-state index contributed by atoms with van der Waals surface area (Å²) in [6.07, 6.45) is 1.63. The standard InChI is InChI=1S/C20H10BrIN2O4S2/c21-16-7-5-13(24(26)27)9-15(16)17-8-6-14(28-17)10-18-19(25)23(20(29)30-18)12-3-1-11(22)2-4-12/h1-10H/b18-10-. The predicted molar refractivity (Wildman–Crippen MR) is 133 cm³/mol. The molecule has 1 fully saturated rings. The zero-order chi connectivity index (χ0) is 21.4. The molecule has 1 aliphatic rings. The van der Waals surface area contributed by atoms with Gasteiger partial charge in [0.15, 0.2) is 4.32 Å². The van der Waals surface area contributed by atoms with Gasteiger partial charge in [-0.25, -0.2) is 0 Å². The highest BCUT2D eigenvalue weighted by Gasteiger charge is 2.33. The summed E-state index contributed by atoms with van der Waals surface area (Å²) in [5.74, 6) is 0.678. The van der Waals surface area contributed by atoms with Crippen LogP contribution in [-0.2, 0) is 4.79 Å². The number of hydrogen-bond acceptors (Lipinski definition) is 6. The number of nitro groups is 1. The molecule has 3 aromatic rings. The van der Waals surface area contributed by atoms with Crippen molar-refractivity contribution in [3.05, 3.63) is 83.4 Å². The molecule has 0 atom stereocenters. The van der Waals surface area contributed by atoms with Gasteiger partial charge in [0.25, 0.3) is 11.6 Å². The summed E-state index contributed by atoms with van der Waals surface area (Å²) < 4.78 is 8.00. The van der Waals surface area contributed by atoms with Crippen LogP contribution in [0.5, 0.6) is 0 Å². The summed E-state index contributed by atoms with van der Waals surface area (Å²) in [7, 11) is 0. The lowest BCUT2D eigenvalue weighted by Gasteiger charge is -2.14. The monoisotopic (exact) mass is 612 g/mol. The van der Waals surface area contributed by atoms with Gasteiger partial charge in [0.05, 0.1) is 15.5 Å². The molecule has 1 aliphatic heterocycles. The third-order valence-corrected chi connectivity index (χ3v) is 6.92. The van der Waals surface area contributed by atoms with Gasteiger partial charge in [-0.3, -0.25) is 19.8 Å². The molecule has 0 unspecified atom stereocenters. The molecule has 150 valence electrons. The Bertz CT molecular complexity index is 1220. The van der Waals surface area contributed by atoms with Gasteiger partial charge in [0, 0.05) is 31.8 Å². The van der Waals surface area contributed by atoms with Gasteiger partial charge in [-0.1, -0.05) is 39.9 Å². The minimum absolute atomic E-state index is 0.0375. The minimum Gasteiger partial charge on any atom is -0.457 e. The number of rotatable bonds is 4. The Labute approximate surface area is 202 Å². The summed E-state index contributed by atoms with van der Waals surface area (Å²) in [6, 6.07) is 15.4. The number of halogens is 2. The number of thiocarbonyl (C=S) groups is 1. The summed E-state index contributed by atoms with van der Waals surface area (Å²) in [5.41, 5.74) is 1.22. The molecule has 2 aromatic carbocycles. The largest absolute Gasteiger partial charge is 0.457 e. The number of carbonyl (C=O) groups is 1. The Balaban J connectivity index is 1.63. The van der Waals surface area contributed by atoms with E-state index in [1.165, 1.54) is 28.8 Å². The lowest BCUT2D eigenvalue weighted by Crippen LogP contribution is -2.27. The van der Waals surface area contributed by atoms with Crippen LogP contribution in [0.2, 0.25) is 0 Å². The lowest BCUT2D eigenvalue weighted by atomic mass is 10.1. The first-order valence-corrected chi connectivity index (χ1v) is 11.5. The van der Waals surface area contributed by atoms with Crippen LogP contribution < -0.4 is 4.90 Å². The Morgan fingerprint density at radius 1 is 1.17 bits per heavy atom. The zero-order valence-corrected chi connectivity index (χ0v) is 20.2. The van der Waals surface area contributed by atoms with Crippen molar-refractivity contribution in [3.8, 4) is 11.3 Å².